The molecule has 1 unspecified atom stereocenters. The summed E-state index contributed by atoms with van der Waals surface area (Å²) >= 11 is 0. The molecule has 4 nitrogen and oxygen atoms in total. The summed E-state index contributed by atoms with van der Waals surface area (Å²) in [5.41, 5.74) is 2.40. The molecule has 0 saturated heterocycles. The summed E-state index contributed by atoms with van der Waals surface area (Å²) in [6, 6.07) is 0. The first-order chi connectivity index (χ1) is 9.29. The summed E-state index contributed by atoms with van der Waals surface area (Å²) in [5, 5.41) is 18.1. The van der Waals surface area contributed by atoms with E-state index >= 15 is 0 Å². The molecule has 1 atom stereocenters. The molecule has 0 spiro atoms. The van der Waals surface area contributed by atoms with Gasteiger partial charge in [0.1, 0.15) is 0 Å². The van der Waals surface area contributed by atoms with E-state index in [-0.39, 0.29) is 11.5 Å². The number of nitrogens with one attached hydrogen (secondary N) is 1. The molecule has 116 valence electrons. The van der Waals surface area contributed by atoms with Crippen LogP contribution in [0, 0.1) is 5.92 Å². The van der Waals surface area contributed by atoms with Gasteiger partial charge in [-0.05, 0) is 5.92 Å². The minimum absolute atomic E-state index is 0.0479. The van der Waals surface area contributed by atoms with Gasteiger partial charge < -0.3 is 10.4 Å². The second kappa shape index (κ2) is 7.23. The molecule has 1 aromatic heterocycles. The molecule has 0 aliphatic carbocycles. The van der Waals surface area contributed by atoms with Crippen LogP contribution in [-0.4, -0.2) is 27.5 Å². The van der Waals surface area contributed by atoms with Crippen LogP contribution in [0.3, 0.4) is 0 Å². The molecule has 0 saturated carbocycles. The van der Waals surface area contributed by atoms with Gasteiger partial charge in [0.2, 0.25) is 0 Å². The van der Waals surface area contributed by atoms with Crippen LogP contribution in [-0.2, 0) is 19.0 Å². The lowest BCUT2D eigenvalue weighted by molar-refractivity contribution is 0.101. The molecular formula is C16H31N3O. The Hall–Kier alpha value is -0.870. The first-order valence-electron chi connectivity index (χ1n) is 7.71. The van der Waals surface area contributed by atoms with Gasteiger partial charge in [-0.3, -0.25) is 4.68 Å². The second-order valence-electron chi connectivity index (χ2n) is 6.70. The maximum Gasteiger partial charge on any atom is 0.0722 e. The van der Waals surface area contributed by atoms with Crippen LogP contribution in [0.25, 0.3) is 0 Å². The maximum absolute atomic E-state index is 10.1. The van der Waals surface area contributed by atoms with E-state index in [0.29, 0.717) is 12.5 Å². The third-order valence-corrected chi connectivity index (χ3v) is 3.88. The van der Waals surface area contributed by atoms with Crippen molar-refractivity contribution in [1.82, 2.24) is 15.1 Å². The largest absolute Gasteiger partial charge is 0.392 e. The fraction of sp³-hybridized carbons (Fsp3) is 0.812. The normalized spacial score (nSPS) is 14.0. The number of nitrogens with zero attached hydrogens (tertiary/aromatic N) is 2. The summed E-state index contributed by atoms with van der Waals surface area (Å²) < 4.78 is 1.87. The highest BCUT2D eigenvalue weighted by atomic mass is 16.3. The molecule has 0 aliphatic rings. The Kier molecular flexibility index (Phi) is 6.21. The van der Waals surface area contributed by atoms with Crippen LogP contribution in [0.2, 0.25) is 0 Å². The maximum atomic E-state index is 10.1. The molecule has 0 aromatic carbocycles. The molecule has 1 rings (SSSR count). The van der Waals surface area contributed by atoms with Gasteiger partial charge in [0, 0.05) is 37.3 Å². The van der Waals surface area contributed by atoms with Gasteiger partial charge in [0.05, 0.1) is 11.8 Å². The van der Waals surface area contributed by atoms with Gasteiger partial charge in [-0.15, -0.1) is 0 Å². The zero-order valence-corrected chi connectivity index (χ0v) is 13.9. The molecule has 0 amide bonds. The Bertz CT molecular complexity index is 402. The van der Waals surface area contributed by atoms with Gasteiger partial charge in [-0.2, -0.15) is 5.10 Å². The zero-order chi connectivity index (χ0) is 15.3. The summed E-state index contributed by atoms with van der Waals surface area (Å²) in [6.07, 6.45) is 3.86. The summed E-state index contributed by atoms with van der Waals surface area (Å²) in [6.45, 7) is 12.2. The third kappa shape index (κ3) is 4.60. The second-order valence-corrected chi connectivity index (χ2v) is 6.70. The molecule has 0 fully saturated rings. The standard InChI is InChI=1S/C16H31N3O/c1-7-12(8-2)14(20)10-17-9-13-11-19(6)18-15(13)16(3,4)5/h11-12,14,17,20H,7-10H2,1-6H3. The third-order valence-electron chi connectivity index (χ3n) is 3.88. The molecule has 1 heterocycles. The van der Waals surface area contributed by atoms with E-state index in [1.165, 1.54) is 5.56 Å². The van der Waals surface area contributed by atoms with E-state index in [1.807, 2.05) is 11.7 Å². The molecular weight excluding hydrogens is 250 g/mol. The monoisotopic (exact) mass is 281 g/mol. The molecule has 0 bridgehead atoms. The van der Waals surface area contributed by atoms with Crippen LogP contribution >= 0.6 is 0 Å². The predicted octanol–water partition coefficient (Wildman–Crippen LogP) is 2.60. The van der Waals surface area contributed by atoms with E-state index < -0.39 is 0 Å². The number of hydrogen-bond donors (Lipinski definition) is 2. The fourth-order valence-electron chi connectivity index (χ4n) is 2.65. The topological polar surface area (TPSA) is 50.1 Å². The number of aliphatic hydroxyl groups excluding tert-OH is 1. The highest BCUT2D eigenvalue weighted by molar-refractivity contribution is 5.23. The summed E-state index contributed by atoms with van der Waals surface area (Å²) in [7, 11) is 1.96. The van der Waals surface area contributed by atoms with Crippen molar-refractivity contribution in [2.75, 3.05) is 6.54 Å². The first kappa shape index (κ1) is 17.2. The molecule has 1 aromatic rings. The Labute approximate surface area is 123 Å². The average molecular weight is 281 g/mol. The average Bonchev–Trinajstić information content (AvgIpc) is 2.72. The lowest BCUT2D eigenvalue weighted by Gasteiger charge is -2.21. The molecule has 20 heavy (non-hydrogen) atoms. The smallest absolute Gasteiger partial charge is 0.0722 e. The van der Waals surface area contributed by atoms with Crippen molar-refractivity contribution in [2.45, 2.75) is 65.5 Å². The van der Waals surface area contributed by atoms with Crippen molar-refractivity contribution in [1.29, 1.82) is 0 Å². The zero-order valence-electron chi connectivity index (χ0n) is 13.9. The first-order valence-corrected chi connectivity index (χ1v) is 7.71. The van der Waals surface area contributed by atoms with E-state index in [0.717, 1.165) is 25.1 Å². The summed E-state index contributed by atoms with van der Waals surface area (Å²) in [4.78, 5) is 0. The van der Waals surface area contributed by atoms with E-state index in [4.69, 9.17) is 0 Å². The lowest BCUT2D eigenvalue weighted by atomic mass is 9.89. The van der Waals surface area contributed by atoms with Crippen LogP contribution in [0.15, 0.2) is 6.20 Å². The van der Waals surface area contributed by atoms with Gasteiger partial charge in [0.15, 0.2) is 0 Å². The fourth-order valence-corrected chi connectivity index (χ4v) is 2.65. The molecule has 0 radical (unpaired) electrons. The van der Waals surface area contributed by atoms with E-state index in [2.05, 4.69) is 51.2 Å². The Morgan fingerprint density at radius 3 is 2.40 bits per heavy atom. The van der Waals surface area contributed by atoms with Crippen molar-refractivity contribution in [2.24, 2.45) is 13.0 Å². The molecule has 2 N–H and O–H groups in total. The number of aryl methyl sites for hydroxylation is 1. The number of aliphatic hydroxyl groups is 1. The van der Waals surface area contributed by atoms with Gasteiger partial charge in [-0.1, -0.05) is 47.5 Å². The quantitative estimate of drug-likeness (QED) is 0.807. The highest BCUT2D eigenvalue weighted by Gasteiger charge is 2.22. The van der Waals surface area contributed by atoms with Crippen LogP contribution in [0.4, 0.5) is 0 Å². The molecule has 4 heteroatoms. The van der Waals surface area contributed by atoms with Gasteiger partial charge >= 0.3 is 0 Å². The predicted molar refractivity (Wildman–Crippen MR) is 83.7 cm³/mol. The Morgan fingerprint density at radius 2 is 1.90 bits per heavy atom. The lowest BCUT2D eigenvalue weighted by Crippen LogP contribution is -2.32. The Morgan fingerprint density at radius 1 is 1.30 bits per heavy atom. The minimum Gasteiger partial charge on any atom is -0.392 e. The van der Waals surface area contributed by atoms with Crippen molar-refractivity contribution in [3.63, 3.8) is 0 Å². The Balaban J connectivity index is 2.58. The SMILES string of the molecule is CCC(CC)C(O)CNCc1cn(C)nc1C(C)(C)C. The van der Waals surface area contributed by atoms with Crippen molar-refractivity contribution >= 4 is 0 Å². The van der Waals surface area contributed by atoms with Crippen LogP contribution in [0.1, 0.15) is 58.7 Å². The van der Waals surface area contributed by atoms with Crippen LogP contribution < -0.4 is 5.32 Å². The van der Waals surface area contributed by atoms with Crippen molar-refractivity contribution in [3.8, 4) is 0 Å². The highest BCUT2D eigenvalue weighted by Crippen LogP contribution is 2.24. The number of hydrogen-bond acceptors (Lipinski definition) is 3. The van der Waals surface area contributed by atoms with E-state index in [9.17, 15) is 5.11 Å². The van der Waals surface area contributed by atoms with Crippen molar-refractivity contribution < 1.29 is 5.11 Å². The summed E-state index contributed by atoms with van der Waals surface area (Å²) in [5.74, 6) is 0.387. The van der Waals surface area contributed by atoms with E-state index in [1.54, 1.807) is 0 Å². The van der Waals surface area contributed by atoms with Crippen molar-refractivity contribution in [3.05, 3.63) is 17.5 Å². The van der Waals surface area contributed by atoms with Gasteiger partial charge in [-0.25, -0.2) is 0 Å². The number of aromatic nitrogens is 2. The van der Waals surface area contributed by atoms with Crippen LogP contribution in [0.5, 0.6) is 0 Å². The minimum atomic E-state index is -0.264. The number of rotatable bonds is 7. The van der Waals surface area contributed by atoms with Gasteiger partial charge in [0.25, 0.3) is 0 Å². The molecule has 0 aliphatic heterocycles.